The van der Waals surface area contributed by atoms with Gasteiger partial charge in [-0.3, -0.25) is 0 Å². The zero-order chi connectivity index (χ0) is 43.0. The van der Waals surface area contributed by atoms with Crippen molar-refractivity contribution in [3.05, 3.63) is 214 Å². The zero-order valence-corrected chi connectivity index (χ0v) is 38.2. The van der Waals surface area contributed by atoms with Crippen LogP contribution in [0.1, 0.15) is 116 Å². The van der Waals surface area contributed by atoms with E-state index in [2.05, 4.69) is 256 Å². The normalized spacial score (nSPS) is 12.1. The molecule has 0 saturated carbocycles. The molecule has 314 valence electrons. The van der Waals surface area contributed by atoms with Gasteiger partial charge in [0.2, 0.25) is 0 Å². The number of aryl methyl sites for hydroxylation is 1. The second-order valence-corrected chi connectivity index (χ2v) is 19.8. The van der Waals surface area contributed by atoms with E-state index in [1.807, 2.05) is 0 Å². The Labute approximate surface area is 372 Å². The molecule has 3 heteroatoms. The summed E-state index contributed by atoms with van der Waals surface area (Å²) in [4.78, 5) is 4.67. The third-order valence-corrected chi connectivity index (χ3v) is 12.7. The van der Waals surface area contributed by atoms with Crippen molar-refractivity contribution in [1.29, 1.82) is 0 Å². The fourth-order valence-electron chi connectivity index (χ4n) is 8.23. The van der Waals surface area contributed by atoms with Gasteiger partial charge in [0.25, 0.3) is 0 Å². The van der Waals surface area contributed by atoms with Gasteiger partial charge in [0.05, 0.1) is 16.4 Å². The zero-order valence-electron chi connectivity index (χ0n) is 37.4. The molecule has 0 aliphatic rings. The van der Waals surface area contributed by atoms with Gasteiger partial charge in [-0.15, -0.1) is 0 Å². The van der Waals surface area contributed by atoms with E-state index < -0.39 is 0 Å². The number of hydrogen-bond donors (Lipinski definition) is 0. The van der Waals surface area contributed by atoms with Crippen LogP contribution in [0.2, 0.25) is 5.02 Å². The third kappa shape index (κ3) is 9.36. The topological polar surface area (TPSA) is 6.48 Å². The maximum Gasteiger partial charge on any atom is 0.0887 e. The highest BCUT2D eigenvalue weighted by Crippen LogP contribution is 2.49. The van der Waals surface area contributed by atoms with E-state index in [4.69, 9.17) is 11.6 Å². The SMILES string of the molecule is C.Cc1cc(N(c2ccc(C(C)(C)c3ccccc3)cc2)c2ccc(C(C)(C)c3ccccc3)cc2)c(Cl)c(N(c2cccc(C(C)(C)C)c2)c2cccc(C(C)(C)C)c2)c1. The van der Waals surface area contributed by atoms with Gasteiger partial charge in [-0.05, 0) is 117 Å². The minimum atomic E-state index is -0.173. The van der Waals surface area contributed by atoms with Crippen LogP contribution in [-0.2, 0) is 21.7 Å². The van der Waals surface area contributed by atoms with Crippen molar-refractivity contribution in [2.75, 3.05) is 9.80 Å². The van der Waals surface area contributed by atoms with E-state index in [9.17, 15) is 0 Å². The van der Waals surface area contributed by atoms with Crippen molar-refractivity contribution in [1.82, 2.24) is 0 Å². The van der Waals surface area contributed by atoms with Crippen molar-refractivity contribution in [2.24, 2.45) is 0 Å². The van der Waals surface area contributed by atoms with Crippen LogP contribution in [0.4, 0.5) is 34.1 Å². The standard InChI is InChI=1S/C57H61ClN2.CH4/c1-40-36-51(53(58)52(37-40)60(49-26-18-24-45(38-49)54(2,3)4)50-27-19-25-46(39-50)55(5,6)7)59(47-32-28-43(29-33-47)56(8,9)41-20-14-12-15-21-41)48-34-30-44(31-35-48)57(10,11)42-22-16-13-17-23-42;/h12-39H,1-11H3;1H4. The number of hydrogen-bond acceptors (Lipinski definition) is 2. The maximum atomic E-state index is 7.91. The molecule has 0 N–H and O–H groups in total. The Morgan fingerprint density at radius 3 is 1.00 bits per heavy atom. The predicted molar refractivity (Wildman–Crippen MR) is 267 cm³/mol. The largest absolute Gasteiger partial charge is 0.309 e. The molecule has 0 aromatic heterocycles. The van der Waals surface area contributed by atoms with Gasteiger partial charge < -0.3 is 9.80 Å². The molecule has 0 heterocycles. The van der Waals surface area contributed by atoms with E-state index in [1.165, 1.54) is 33.4 Å². The molecule has 0 fully saturated rings. The Morgan fingerprint density at radius 1 is 0.344 bits per heavy atom. The molecule has 0 aliphatic carbocycles. The molecule has 7 aromatic rings. The van der Waals surface area contributed by atoms with Gasteiger partial charge in [0.15, 0.2) is 0 Å². The van der Waals surface area contributed by atoms with Crippen LogP contribution in [-0.4, -0.2) is 0 Å². The summed E-state index contributed by atoms with van der Waals surface area (Å²) in [7, 11) is 0. The average Bonchev–Trinajstić information content (AvgIpc) is 3.23. The number of anilines is 6. The number of nitrogens with zero attached hydrogens (tertiary/aromatic N) is 2. The lowest BCUT2D eigenvalue weighted by atomic mass is 9.78. The summed E-state index contributed by atoms with van der Waals surface area (Å²) in [6, 6.07) is 61.9. The highest BCUT2D eigenvalue weighted by Gasteiger charge is 2.28. The molecular formula is C58H65ClN2. The lowest BCUT2D eigenvalue weighted by Gasteiger charge is -2.33. The molecule has 0 atom stereocenters. The first-order valence-corrected chi connectivity index (χ1v) is 21.7. The van der Waals surface area contributed by atoms with Crippen molar-refractivity contribution >= 4 is 45.7 Å². The molecule has 61 heavy (non-hydrogen) atoms. The minimum Gasteiger partial charge on any atom is -0.309 e. The quantitative estimate of drug-likeness (QED) is 0.136. The first kappa shape index (κ1) is 45.0. The predicted octanol–water partition coefficient (Wildman–Crippen LogP) is 17.5. The fourth-order valence-corrected chi connectivity index (χ4v) is 8.51. The molecule has 0 spiro atoms. The molecule has 7 aromatic carbocycles. The first-order valence-electron chi connectivity index (χ1n) is 21.3. The van der Waals surface area contributed by atoms with Crippen LogP contribution in [0.15, 0.2) is 170 Å². The fraction of sp³-hybridized carbons (Fsp3) is 0.276. The van der Waals surface area contributed by atoms with Gasteiger partial charge in [-0.2, -0.15) is 0 Å². The van der Waals surface area contributed by atoms with Gasteiger partial charge >= 0.3 is 0 Å². The summed E-state index contributed by atoms with van der Waals surface area (Å²) >= 11 is 7.91. The van der Waals surface area contributed by atoms with Crippen LogP contribution in [0.3, 0.4) is 0 Å². The third-order valence-electron chi connectivity index (χ3n) is 12.3. The lowest BCUT2D eigenvalue weighted by molar-refractivity contribution is 0.590. The highest BCUT2D eigenvalue weighted by atomic mass is 35.5. The van der Waals surface area contributed by atoms with Crippen LogP contribution in [0, 0.1) is 6.92 Å². The second-order valence-electron chi connectivity index (χ2n) is 19.5. The molecule has 2 nitrogen and oxygen atoms in total. The van der Waals surface area contributed by atoms with Gasteiger partial charge in [-0.25, -0.2) is 0 Å². The average molecular weight is 826 g/mol. The van der Waals surface area contributed by atoms with Gasteiger partial charge in [-0.1, -0.05) is 197 Å². The summed E-state index contributed by atoms with van der Waals surface area (Å²) in [5.41, 5.74) is 14.3. The second kappa shape index (κ2) is 17.4. The Bertz CT molecular complexity index is 2400. The monoisotopic (exact) mass is 824 g/mol. The van der Waals surface area contributed by atoms with Gasteiger partial charge in [0, 0.05) is 33.6 Å². The summed E-state index contributed by atoms with van der Waals surface area (Å²) in [6.07, 6.45) is 0. The van der Waals surface area contributed by atoms with Crippen molar-refractivity contribution in [3.8, 4) is 0 Å². The van der Waals surface area contributed by atoms with E-state index >= 15 is 0 Å². The van der Waals surface area contributed by atoms with Crippen LogP contribution in [0.5, 0.6) is 0 Å². The smallest absolute Gasteiger partial charge is 0.0887 e. The number of halogens is 1. The van der Waals surface area contributed by atoms with E-state index in [0.29, 0.717) is 5.02 Å². The first-order chi connectivity index (χ1) is 28.4. The Balaban J connectivity index is 0.00000622. The molecule has 0 radical (unpaired) electrons. The summed E-state index contributed by atoms with van der Waals surface area (Å²) in [5.74, 6) is 0. The summed E-state index contributed by atoms with van der Waals surface area (Å²) in [5, 5.41) is 0.672. The molecule has 0 amide bonds. The van der Waals surface area contributed by atoms with Crippen molar-refractivity contribution in [2.45, 2.75) is 105 Å². The van der Waals surface area contributed by atoms with E-state index in [-0.39, 0.29) is 29.1 Å². The molecule has 0 aliphatic heterocycles. The summed E-state index contributed by atoms with van der Waals surface area (Å²) in [6.45, 7) is 25.0. The lowest BCUT2D eigenvalue weighted by Crippen LogP contribution is -2.20. The van der Waals surface area contributed by atoms with Crippen LogP contribution >= 0.6 is 11.6 Å². The number of benzene rings is 7. The van der Waals surface area contributed by atoms with Crippen molar-refractivity contribution in [3.63, 3.8) is 0 Å². The molecule has 0 unspecified atom stereocenters. The van der Waals surface area contributed by atoms with Crippen molar-refractivity contribution < 1.29 is 0 Å². The maximum absolute atomic E-state index is 7.91. The Hall–Kier alpha value is -5.57. The van der Waals surface area contributed by atoms with Crippen LogP contribution < -0.4 is 9.80 Å². The number of rotatable bonds is 10. The van der Waals surface area contributed by atoms with Crippen LogP contribution in [0.25, 0.3) is 0 Å². The van der Waals surface area contributed by atoms with Gasteiger partial charge in [0.1, 0.15) is 0 Å². The minimum absolute atomic E-state index is 0. The summed E-state index contributed by atoms with van der Waals surface area (Å²) < 4.78 is 0. The van der Waals surface area contributed by atoms with E-state index in [1.54, 1.807) is 0 Å². The molecule has 7 rings (SSSR count). The Kier molecular flexibility index (Phi) is 12.8. The highest BCUT2D eigenvalue weighted by molar-refractivity contribution is 6.36. The Morgan fingerprint density at radius 2 is 0.656 bits per heavy atom. The van der Waals surface area contributed by atoms with E-state index in [0.717, 1.165) is 39.7 Å². The molecule has 0 saturated heterocycles. The molecule has 0 bridgehead atoms. The molecular weight excluding hydrogens is 760 g/mol.